The predicted octanol–water partition coefficient (Wildman–Crippen LogP) is 3.52. The zero-order chi connectivity index (χ0) is 19.7. The zero-order valence-electron chi connectivity index (χ0n) is 16.2. The second-order valence-electron chi connectivity index (χ2n) is 6.62. The van der Waals surface area contributed by atoms with Crippen molar-refractivity contribution in [3.8, 4) is 11.4 Å². The molecule has 0 aliphatic rings. The van der Waals surface area contributed by atoms with Crippen molar-refractivity contribution in [3.05, 3.63) is 74.5 Å². The summed E-state index contributed by atoms with van der Waals surface area (Å²) in [6, 6.07) is 16.2. The SMILES string of the molecule is CCN(CC)c1ccc(/C=c2/sc3nc(-c4ccccc4C)nn3c2=O)cc1. The van der Waals surface area contributed by atoms with E-state index in [-0.39, 0.29) is 5.56 Å². The largest absolute Gasteiger partial charge is 0.372 e. The topological polar surface area (TPSA) is 50.5 Å². The fraction of sp³-hybridized carbons (Fsp3) is 0.227. The average Bonchev–Trinajstić information content (AvgIpc) is 3.24. The molecule has 0 fully saturated rings. The van der Waals surface area contributed by atoms with Crippen LogP contribution in [0.3, 0.4) is 0 Å². The van der Waals surface area contributed by atoms with Gasteiger partial charge in [-0.3, -0.25) is 4.79 Å². The summed E-state index contributed by atoms with van der Waals surface area (Å²) >= 11 is 1.37. The van der Waals surface area contributed by atoms with Crippen LogP contribution in [0.2, 0.25) is 0 Å². The first-order valence-corrected chi connectivity index (χ1v) is 10.2. The molecule has 0 amide bonds. The molecule has 0 bridgehead atoms. The molecule has 0 unspecified atom stereocenters. The lowest BCUT2D eigenvalue weighted by Crippen LogP contribution is -2.23. The minimum atomic E-state index is -0.125. The molecule has 142 valence electrons. The van der Waals surface area contributed by atoms with Gasteiger partial charge < -0.3 is 4.90 Å². The van der Waals surface area contributed by atoms with Gasteiger partial charge in [-0.2, -0.15) is 9.50 Å². The molecular formula is C22H22N4OS. The average molecular weight is 391 g/mol. The van der Waals surface area contributed by atoms with E-state index in [4.69, 9.17) is 0 Å². The van der Waals surface area contributed by atoms with Crippen molar-refractivity contribution in [3.63, 3.8) is 0 Å². The van der Waals surface area contributed by atoms with Gasteiger partial charge in [0.05, 0.1) is 4.53 Å². The van der Waals surface area contributed by atoms with E-state index in [1.54, 1.807) is 0 Å². The van der Waals surface area contributed by atoms with Crippen molar-refractivity contribution in [1.29, 1.82) is 0 Å². The second kappa shape index (κ2) is 7.56. The van der Waals surface area contributed by atoms with Crippen LogP contribution in [-0.2, 0) is 0 Å². The Morgan fingerprint density at radius 1 is 1.07 bits per heavy atom. The highest BCUT2D eigenvalue weighted by Crippen LogP contribution is 2.20. The Morgan fingerprint density at radius 2 is 1.79 bits per heavy atom. The molecule has 0 saturated carbocycles. The van der Waals surface area contributed by atoms with Crippen LogP contribution in [0.25, 0.3) is 22.4 Å². The number of nitrogens with zero attached hydrogens (tertiary/aromatic N) is 4. The van der Waals surface area contributed by atoms with Crippen LogP contribution in [0.15, 0.2) is 53.3 Å². The summed E-state index contributed by atoms with van der Waals surface area (Å²) in [5, 5.41) is 4.44. The van der Waals surface area contributed by atoms with Gasteiger partial charge in [-0.1, -0.05) is 47.7 Å². The highest BCUT2D eigenvalue weighted by Gasteiger charge is 2.13. The van der Waals surface area contributed by atoms with Crippen LogP contribution < -0.4 is 15.0 Å². The Bertz CT molecular complexity index is 1220. The van der Waals surface area contributed by atoms with E-state index in [0.717, 1.165) is 29.8 Å². The minimum Gasteiger partial charge on any atom is -0.372 e. The summed E-state index contributed by atoms with van der Waals surface area (Å²) in [5.41, 5.74) is 4.11. The number of aromatic nitrogens is 3. The van der Waals surface area contributed by atoms with Gasteiger partial charge in [-0.15, -0.1) is 5.10 Å². The maximum atomic E-state index is 12.8. The van der Waals surface area contributed by atoms with Crippen molar-refractivity contribution in [2.75, 3.05) is 18.0 Å². The van der Waals surface area contributed by atoms with E-state index >= 15 is 0 Å². The standard InChI is InChI=1S/C22H22N4OS/c1-4-25(5-2)17-12-10-16(11-13-17)14-19-21(27)26-22(28-19)23-20(24-26)18-9-7-6-8-15(18)3/h6-14H,4-5H2,1-3H3/b19-14+. The van der Waals surface area contributed by atoms with E-state index in [9.17, 15) is 4.79 Å². The van der Waals surface area contributed by atoms with E-state index in [0.29, 0.717) is 15.3 Å². The maximum Gasteiger partial charge on any atom is 0.291 e. The third kappa shape index (κ3) is 3.31. The molecule has 0 spiro atoms. The number of fused-ring (bicyclic) bond motifs is 1. The fourth-order valence-electron chi connectivity index (χ4n) is 3.29. The lowest BCUT2D eigenvalue weighted by atomic mass is 10.1. The molecule has 0 aliphatic heterocycles. The molecule has 0 radical (unpaired) electrons. The van der Waals surface area contributed by atoms with Gasteiger partial charge in [-0.25, -0.2) is 0 Å². The minimum absolute atomic E-state index is 0.125. The van der Waals surface area contributed by atoms with Gasteiger partial charge in [-0.05, 0) is 50.1 Å². The summed E-state index contributed by atoms with van der Waals surface area (Å²) < 4.78 is 2.05. The lowest BCUT2D eigenvalue weighted by Gasteiger charge is -2.20. The molecule has 6 heteroatoms. The van der Waals surface area contributed by atoms with Crippen molar-refractivity contribution in [1.82, 2.24) is 14.6 Å². The predicted molar refractivity (Wildman–Crippen MR) is 116 cm³/mol. The summed E-state index contributed by atoms with van der Waals surface area (Å²) in [5.74, 6) is 0.594. The molecule has 2 aromatic heterocycles. The highest BCUT2D eigenvalue weighted by molar-refractivity contribution is 7.15. The fourth-order valence-corrected chi connectivity index (χ4v) is 4.20. The summed E-state index contributed by atoms with van der Waals surface area (Å²) in [6.45, 7) is 8.26. The van der Waals surface area contributed by atoms with Gasteiger partial charge in [0.25, 0.3) is 5.56 Å². The van der Waals surface area contributed by atoms with Crippen LogP contribution in [0.5, 0.6) is 0 Å². The smallest absolute Gasteiger partial charge is 0.291 e. The summed E-state index contributed by atoms with van der Waals surface area (Å²) in [7, 11) is 0. The van der Waals surface area contributed by atoms with E-state index < -0.39 is 0 Å². The van der Waals surface area contributed by atoms with E-state index in [1.807, 2.05) is 49.4 Å². The first-order chi connectivity index (χ1) is 13.6. The van der Waals surface area contributed by atoms with Gasteiger partial charge >= 0.3 is 0 Å². The molecular weight excluding hydrogens is 368 g/mol. The highest BCUT2D eigenvalue weighted by atomic mass is 32.1. The number of aryl methyl sites for hydroxylation is 1. The molecule has 0 N–H and O–H groups in total. The second-order valence-corrected chi connectivity index (χ2v) is 7.63. The maximum absolute atomic E-state index is 12.8. The van der Waals surface area contributed by atoms with Gasteiger partial charge in [0, 0.05) is 24.3 Å². The first-order valence-electron chi connectivity index (χ1n) is 9.43. The quantitative estimate of drug-likeness (QED) is 0.523. The Kier molecular flexibility index (Phi) is 4.96. The van der Waals surface area contributed by atoms with Crippen molar-refractivity contribution in [2.24, 2.45) is 0 Å². The Hall–Kier alpha value is -2.99. The number of thiazole rings is 1. The van der Waals surface area contributed by atoms with Gasteiger partial charge in [0.2, 0.25) is 4.96 Å². The Labute approximate surface area is 167 Å². The number of anilines is 1. The van der Waals surface area contributed by atoms with Gasteiger partial charge in [0.1, 0.15) is 0 Å². The normalized spacial score (nSPS) is 12.0. The Morgan fingerprint density at radius 3 is 2.43 bits per heavy atom. The molecule has 4 aromatic rings. The van der Waals surface area contributed by atoms with E-state index in [1.165, 1.54) is 21.5 Å². The van der Waals surface area contributed by atoms with Crippen LogP contribution in [0, 0.1) is 6.92 Å². The summed E-state index contributed by atoms with van der Waals surface area (Å²) in [6.07, 6.45) is 1.91. The number of hydrogen-bond donors (Lipinski definition) is 0. The lowest BCUT2D eigenvalue weighted by molar-refractivity contribution is 0.866. The van der Waals surface area contributed by atoms with Crippen molar-refractivity contribution >= 4 is 28.1 Å². The van der Waals surface area contributed by atoms with Crippen molar-refractivity contribution in [2.45, 2.75) is 20.8 Å². The molecule has 5 nitrogen and oxygen atoms in total. The zero-order valence-corrected chi connectivity index (χ0v) is 17.0. The Balaban J connectivity index is 1.70. The molecule has 4 rings (SSSR count). The monoisotopic (exact) mass is 390 g/mol. The molecule has 0 aliphatic carbocycles. The molecule has 2 aromatic carbocycles. The number of hydrogen-bond acceptors (Lipinski definition) is 5. The molecule has 2 heterocycles. The third-order valence-corrected chi connectivity index (χ3v) is 5.85. The van der Waals surface area contributed by atoms with Crippen LogP contribution in [-0.4, -0.2) is 27.7 Å². The van der Waals surface area contributed by atoms with Crippen LogP contribution >= 0.6 is 11.3 Å². The first kappa shape index (κ1) is 18.4. The number of rotatable bonds is 5. The van der Waals surface area contributed by atoms with Crippen molar-refractivity contribution < 1.29 is 0 Å². The van der Waals surface area contributed by atoms with Crippen LogP contribution in [0.4, 0.5) is 5.69 Å². The summed E-state index contributed by atoms with van der Waals surface area (Å²) in [4.78, 5) is 20.2. The molecule has 0 atom stereocenters. The molecule has 28 heavy (non-hydrogen) atoms. The number of benzene rings is 2. The van der Waals surface area contributed by atoms with E-state index in [2.05, 4.69) is 41.0 Å². The molecule has 0 saturated heterocycles. The van der Waals surface area contributed by atoms with Crippen LogP contribution in [0.1, 0.15) is 25.0 Å². The third-order valence-electron chi connectivity index (χ3n) is 4.89. The van der Waals surface area contributed by atoms with Gasteiger partial charge in [0.15, 0.2) is 5.82 Å².